The van der Waals surface area contributed by atoms with Gasteiger partial charge in [-0.2, -0.15) is 0 Å². The molecule has 0 aliphatic rings. The van der Waals surface area contributed by atoms with Gasteiger partial charge in [-0.3, -0.25) is 0 Å². The summed E-state index contributed by atoms with van der Waals surface area (Å²) >= 11 is 0. The average molecular weight is 182 g/mol. The fraction of sp³-hybridized carbons (Fsp3) is 0.143. The molecule has 0 spiro atoms. The van der Waals surface area contributed by atoms with Crippen LogP contribution in [0.2, 0.25) is 0 Å². The van der Waals surface area contributed by atoms with Crippen molar-refractivity contribution in [3.05, 3.63) is 54.1 Å². The molecule has 0 fully saturated rings. The van der Waals surface area contributed by atoms with Crippen LogP contribution in [0.1, 0.15) is 18.1 Å². The van der Waals surface area contributed by atoms with Crippen LogP contribution in [0.15, 0.2) is 43.0 Å². The van der Waals surface area contributed by atoms with Crippen LogP contribution in [0.25, 0.3) is 16.8 Å². The van der Waals surface area contributed by atoms with Crippen molar-refractivity contribution in [1.82, 2.24) is 0 Å². The number of hydrogen-bond acceptors (Lipinski definition) is 0. The molecular formula is C14H14. The molecule has 0 unspecified atom stereocenters. The Morgan fingerprint density at radius 2 is 2.07 bits per heavy atom. The third kappa shape index (κ3) is 1.44. The van der Waals surface area contributed by atoms with Crippen molar-refractivity contribution in [2.24, 2.45) is 0 Å². The molecule has 70 valence electrons. The van der Waals surface area contributed by atoms with Crippen molar-refractivity contribution in [3.63, 3.8) is 0 Å². The lowest BCUT2D eigenvalue weighted by Crippen LogP contribution is -1.82. The number of rotatable bonds is 2. The van der Waals surface area contributed by atoms with E-state index in [9.17, 15) is 0 Å². The summed E-state index contributed by atoms with van der Waals surface area (Å²) in [6.07, 6.45) is 3.00. The smallest absolute Gasteiger partial charge is 0.0111 e. The predicted molar refractivity (Wildman–Crippen MR) is 63.4 cm³/mol. The summed E-state index contributed by atoms with van der Waals surface area (Å²) in [4.78, 5) is 0. The Labute approximate surface area is 84.9 Å². The Morgan fingerprint density at radius 3 is 2.79 bits per heavy atom. The summed E-state index contributed by atoms with van der Waals surface area (Å²) in [5.41, 5.74) is 2.60. The first-order valence-corrected chi connectivity index (χ1v) is 4.99. The second-order valence-electron chi connectivity index (χ2n) is 3.46. The Kier molecular flexibility index (Phi) is 2.36. The van der Waals surface area contributed by atoms with Crippen LogP contribution in [0.4, 0.5) is 0 Å². The predicted octanol–water partition coefficient (Wildman–Crippen LogP) is 4.05. The largest absolute Gasteiger partial charge is 0.0984 e. The van der Waals surface area contributed by atoms with Crippen molar-refractivity contribution in [1.29, 1.82) is 0 Å². The molecule has 0 radical (unpaired) electrons. The van der Waals surface area contributed by atoms with Crippen molar-refractivity contribution >= 4 is 16.8 Å². The van der Waals surface area contributed by atoms with Crippen molar-refractivity contribution in [2.45, 2.75) is 13.3 Å². The molecule has 0 bridgehead atoms. The molecule has 2 rings (SSSR count). The molecule has 0 heterocycles. The highest BCUT2D eigenvalue weighted by Crippen LogP contribution is 2.21. The second kappa shape index (κ2) is 3.67. The van der Waals surface area contributed by atoms with Crippen LogP contribution < -0.4 is 0 Å². The fourth-order valence-electron chi connectivity index (χ4n) is 1.76. The lowest BCUT2D eigenvalue weighted by Gasteiger charge is -2.04. The monoisotopic (exact) mass is 182 g/mol. The maximum Gasteiger partial charge on any atom is -0.0111 e. The number of hydrogen-bond donors (Lipinski definition) is 0. The third-order valence-electron chi connectivity index (χ3n) is 2.61. The first kappa shape index (κ1) is 9.01. The normalized spacial score (nSPS) is 10.4. The van der Waals surface area contributed by atoms with Crippen LogP contribution >= 0.6 is 0 Å². The van der Waals surface area contributed by atoms with Gasteiger partial charge in [-0.1, -0.05) is 56.0 Å². The van der Waals surface area contributed by atoms with E-state index >= 15 is 0 Å². The molecule has 2 aromatic rings. The molecule has 14 heavy (non-hydrogen) atoms. The van der Waals surface area contributed by atoms with E-state index in [1.807, 2.05) is 6.08 Å². The first-order valence-electron chi connectivity index (χ1n) is 4.99. The van der Waals surface area contributed by atoms with Crippen molar-refractivity contribution in [2.75, 3.05) is 0 Å². The van der Waals surface area contributed by atoms with E-state index in [4.69, 9.17) is 0 Å². The van der Waals surface area contributed by atoms with Gasteiger partial charge in [0.25, 0.3) is 0 Å². The molecule has 0 aliphatic carbocycles. The van der Waals surface area contributed by atoms with E-state index in [-0.39, 0.29) is 0 Å². The minimum Gasteiger partial charge on any atom is -0.0984 e. The standard InChI is InChI=1S/C14H14/c1-3-11-8-9-14-12(4-2)6-5-7-13(14)10-11/h4-10H,2-3H2,1H3. The zero-order chi connectivity index (χ0) is 9.97. The number of fused-ring (bicyclic) bond motifs is 1. The SMILES string of the molecule is C=Cc1cccc2cc(CC)ccc12. The summed E-state index contributed by atoms with van der Waals surface area (Å²) in [5.74, 6) is 0. The zero-order valence-corrected chi connectivity index (χ0v) is 8.46. The highest BCUT2D eigenvalue weighted by molar-refractivity contribution is 5.90. The Balaban J connectivity index is 2.73. The molecule has 0 aliphatic heterocycles. The lowest BCUT2D eigenvalue weighted by molar-refractivity contribution is 1.15. The van der Waals surface area contributed by atoms with Gasteiger partial charge in [-0.05, 0) is 28.3 Å². The van der Waals surface area contributed by atoms with Gasteiger partial charge in [0.2, 0.25) is 0 Å². The van der Waals surface area contributed by atoms with E-state index in [2.05, 4.69) is 49.9 Å². The lowest BCUT2D eigenvalue weighted by atomic mass is 10.0. The van der Waals surface area contributed by atoms with Gasteiger partial charge >= 0.3 is 0 Å². The zero-order valence-electron chi connectivity index (χ0n) is 8.46. The van der Waals surface area contributed by atoms with E-state index in [0.717, 1.165) is 6.42 Å². The maximum absolute atomic E-state index is 3.82. The van der Waals surface area contributed by atoms with Gasteiger partial charge < -0.3 is 0 Å². The quantitative estimate of drug-likeness (QED) is 0.657. The second-order valence-corrected chi connectivity index (χ2v) is 3.46. The summed E-state index contributed by atoms with van der Waals surface area (Å²) in [6, 6.07) is 13.0. The number of benzene rings is 2. The van der Waals surface area contributed by atoms with Gasteiger partial charge in [0, 0.05) is 0 Å². The summed E-state index contributed by atoms with van der Waals surface area (Å²) in [7, 11) is 0. The van der Waals surface area contributed by atoms with Crippen LogP contribution in [0.3, 0.4) is 0 Å². The van der Waals surface area contributed by atoms with E-state index < -0.39 is 0 Å². The Hall–Kier alpha value is -1.56. The molecule has 2 aromatic carbocycles. The van der Waals surface area contributed by atoms with Crippen LogP contribution in [0.5, 0.6) is 0 Å². The molecular weight excluding hydrogens is 168 g/mol. The maximum atomic E-state index is 3.82. The summed E-state index contributed by atoms with van der Waals surface area (Å²) < 4.78 is 0. The summed E-state index contributed by atoms with van der Waals surface area (Å²) in [5, 5.41) is 2.60. The van der Waals surface area contributed by atoms with E-state index in [0.29, 0.717) is 0 Å². The van der Waals surface area contributed by atoms with Gasteiger partial charge in [0.15, 0.2) is 0 Å². The third-order valence-corrected chi connectivity index (χ3v) is 2.61. The molecule has 0 saturated carbocycles. The van der Waals surface area contributed by atoms with Crippen molar-refractivity contribution in [3.8, 4) is 0 Å². The highest BCUT2D eigenvalue weighted by atomic mass is 14.0. The van der Waals surface area contributed by atoms with Crippen LogP contribution in [-0.2, 0) is 6.42 Å². The first-order chi connectivity index (χ1) is 6.85. The van der Waals surface area contributed by atoms with Gasteiger partial charge in [-0.15, -0.1) is 0 Å². The van der Waals surface area contributed by atoms with Gasteiger partial charge in [0.05, 0.1) is 0 Å². The minimum absolute atomic E-state index is 1.09. The molecule has 0 N–H and O–H groups in total. The molecule has 0 aromatic heterocycles. The number of aryl methyl sites for hydroxylation is 1. The topological polar surface area (TPSA) is 0 Å². The Morgan fingerprint density at radius 1 is 1.21 bits per heavy atom. The average Bonchev–Trinajstić information content (AvgIpc) is 2.27. The molecule has 0 amide bonds. The van der Waals surface area contributed by atoms with Crippen LogP contribution in [0, 0.1) is 0 Å². The van der Waals surface area contributed by atoms with E-state index in [1.165, 1.54) is 21.9 Å². The van der Waals surface area contributed by atoms with Crippen molar-refractivity contribution < 1.29 is 0 Å². The molecule has 0 saturated heterocycles. The fourth-order valence-corrected chi connectivity index (χ4v) is 1.76. The van der Waals surface area contributed by atoms with Crippen LogP contribution in [-0.4, -0.2) is 0 Å². The van der Waals surface area contributed by atoms with E-state index in [1.54, 1.807) is 0 Å². The van der Waals surface area contributed by atoms with Gasteiger partial charge in [-0.25, -0.2) is 0 Å². The van der Waals surface area contributed by atoms with Gasteiger partial charge in [0.1, 0.15) is 0 Å². The minimum atomic E-state index is 1.09. The Bertz CT molecular complexity index is 466. The molecule has 0 heteroatoms. The molecule has 0 atom stereocenters. The summed E-state index contributed by atoms with van der Waals surface area (Å²) in [6.45, 7) is 6.00. The molecule has 0 nitrogen and oxygen atoms in total. The highest BCUT2D eigenvalue weighted by Gasteiger charge is 1.97.